The molecule has 0 radical (unpaired) electrons. The SMILES string of the molecule is C[C@@H](C(=O)Nc1cc(C2CC2)[nH]n1)c1cnn(-c2cc(C#N)cc(C(F)F)c2)c1.C[C@H](C(=O)Nc1cc(C2CC2)[nH]n1)c1cnn(-c2cc(C#N)cc(C(F)F)c2)c1. The van der Waals surface area contributed by atoms with Gasteiger partial charge in [-0.2, -0.15) is 30.9 Å². The second kappa shape index (κ2) is 16.6. The Balaban J connectivity index is 0.000000177. The highest BCUT2D eigenvalue weighted by atomic mass is 19.3. The molecule has 296 valence electrons. The average Bonchev–Trinajstić information content (AvgIpc) is 3.99. The van der Waals surface area contributed by atoms with E-state index in [1.54, 1.807) is 26.2 Å². The van der Waals surface area contributed by atoms with Crippen LogP contribution in [0.5, 0.6) is 0 Å². The van der Waals surface area contributed by atoms with Crippen LogP contribution in [0, 0.1) is 22.7 Å². The number of amides is 2. The highest BCUT2D eigenvalue weighted by Crippen LogP contribution is 2.40. The van der Waals surface area contributed by atoms with E-state index < -0.39 is 24.7 Å². The van der Waals surface area contributed by atoms with E-state index in [1.165, 1.54) is 46.0 Å². The van der Waals surface area contributed by atoms with Crippen LogP contribution in [0.25, 0.3) is 11.4 Å². The summed E-state index contributed by atoms with van der Waals surface area (Å²) in [6, 6.07) is 15.2. The number of carbonyl (C=O) groups excluding carboxylic acids is 2. The Morgan fingerprint density at radius 3 is 1.40 bits per heavy atom. The number of hydrogen-bond acceptors (Lipinski definition) is 8. The number of H-pyrrole nitrogens is 2. The molecule has 2 fully saturated rings. The monoisotopic (exact) mass is 792 g/mol. The summed E-state index contributed by atoms with van der Waals surface area (Å²) in [6.07, 6.45) is 5.32. The number of rotatable bonds is 12. The number of nitriles is 2. The molecule has 0 saturated heterocycles. The van der Waals surface area contributed by atoms with Gasteiger partial charge in [0.2, 0.25) is 11.8 Å². The normalized spacial score (nSPS) is 14.6. The molecule has 4 aromatic heterocycles. The first-order chi connectivity index (χ1) is 27.9. The van der Waals surface area contributed by atoms with Crippen molar-refractivity contribution in [1.29, 1.82) is 10.5 Å². The summed E-state index contributed by atoms with van der Waals surface area (Å²) in [4.78, 5) is 25.1. The molecule has 58 heavy (non-hydrogen) atoms. The number of benzene rings is 2. The second-order valence-electron chi connectivity index (χ2n) is 14.3. The third kappa shape index (κ3) is 9.13. The first kappa shape index (κ1) is 39.2. The third-order valence-electron chi connectivity index (χ3n) is 9.90. The Morgan fingerprint density at radius 1 is 0.655 bits per heavy atom. The molecular formula is C40H36F4N12O2. The van der Waals surface area contributed by atoms with E-state index in [-0.39, 0.29) is 34.1 Å². The lowest BCUT2D eigenvalue weighted by molar-refractivity contribution is -0.118. The van der Waals surface area contributed by atoms with Crippen molar-refractivity contribution in [1.82, 2.24) is 40.0 Å². The zero-order valence-corrected chi connectivity index (χ0v) is 31.1. The Bertz CT molecular complexity index is 2360. The van der Waals surface area contributed by atoms with Gasteiger partial charge in [0, 0.05) is 70.0 Å². The van der Waals surface area contributed by atoms with E-state index in [1.807, 2.05) is 24.3 Å². The van der Waals surface area contributed by atoms with Crippen molar-refractivity contribution in [2.45, 2.75) is 76.1 Å². The van der Waals surface area contributed by atoms with Crippen LogP contribution in [0.4, 0.5) is 29.2 Å². The fourth-order valence-corrected chi connectivity index (χ4v) is 6.10. The minimum Gasteiger partial charge on any atom is -0.309 e. The van der Waals surface area contributed by atoms with Gasteiger partial charge in [-0.25, -0.2) is 26.9 Å². The lowest BCUT2D eigenvalue weighted by atomic mass is 10.0. The third-order valence-corrected chi connectivity index (χ3v) is 9.90. The summed E-state index contributed by atoms with van der Waals surface area (Å²) in [5, 5.41) is 46.1. The predicted octanol–water partition coefficient (Wildman–Crippen LogP) is 8.05. The fraction of sp³-hybridized carbons (Fsp3) is 0.300. The van der Waals surface area contributed by atoms with Crippen LogP contribution in [-0.2, 0) is 9.59 Å². The number of hydrogen-bond donors (Lipinski definition) is 4. The van der Waals surface area contributed by atoms with E-state index >= 15 is 0 Å². The number of aromatic nitrogens is 8. The molecule has 8 rings (SSSR count). The summed E-state index contributed by atoms with van der Waals surface area (Å²) in [6.45, 7) is 3.45. The van der Waals surface area contributed by atoms with Crippen LogP contribution < -0.4 is 10.6 Å². The van der Waals surface area contributed by atoms with Crippen LogP contribution in [0.2, 0.25) is 0 Å². The average molecular weight is 793 g/mol. The molecular weight excluding hydrogens is 757 g/mol. The number of nitrogens with one attached hydrogen (secondary N) is 4. The largest absolute Gasteiger partial charge is 0.309 e. The quantitative estimate of drug-likeness (QED) is 0.0892. The first-order valence-electron chi connectivity index (χ1n) is 18.4. The van der Waals surface area contributed by atoms with Crippen molar-refractivity contribution < 1.29 is 27.2 Å². The Kier molecular flexibility index (Phi) is 11.2. The fourth-order valence-electron chi connectivity index (χ4n) is 6.10. The zero-order chi connectivity index (χ0) is 41.1. The number of aromatic amines is 2. The molecule has 0 aliphatic heterocycles. The van der Waals surface area contributed by atoms with Crippen molar-refractivity contribution in [3.8, 4) is 23.5 Å². The summed E-state index contributed by atoms with van der Waals surface area (Å²) >= 11 is 0. The van der Waals surface area contributed by atoms with E-state index in [0.29, 0.717) is 46.0 Å². The molecule has 6 aromatic rings. The highest BCUT2D eigenvalue weighted by molar-refractivity contribution is 5.95. The van der Waals surface area contributed by atoms with Gasteiger partial charge < -0.3 is 10.6 Å². The van der Waals surface area contributed by atoms with Gasteiger partial charge in [-0.1, -0.05) is 0 Å². The summed E-state index contributed by atoms with van der Waals surface area (Å²) in [5.74, 6) is 0.392. The maximum Gasteiger partial charge on any atom is 0.263 e. The Hall–Kier alpha value is -7.08. The highest BCUT2D eigenvalue weighted by Gasteiger charge is 2.28. The van der Waals surface area contributed by atoms with Gasteiger partial charge in [0.15, 0.2) is 11.6 Å². The van der Waals surface area contributed by atoms with E-state index in [4.69, 9.17) is 10.5 Å². The molecule has 14 nitrogen and oxygen atoms in total. The zero-order valence-electron chi connectivity index (χ0n) is 31.1. The van der Waals surface area contributed by atoms with Crippen molar-refractivity contribution in [2.75, 3.05) is 10.6 Å². The number of anilines is 2. The van der Waals surface area contributed by atoms with Crippen LogP contribution in [0.15, 0.2) is 73.3 Å². The maximum atomic E-state index is 13.1. The molecule has 2 atom stereocenters. The summed E-state index contributed by atoms with van der Waals surface area (Å²) < 4.78 is 55.1. The van der Waals surface area contributed by atoms with Crippen molar-refractivity contribution in [3.05, 3.63) is 118 Å². The number of halogens is 4. The molecule has 18 heteroatoms. The molecule has 2 saturated carbocycles. The molecule has 4 heterocycles. The molecule has 0 spiro atoms. The molecule has 2 aliphatic carbocycles. The second-order valence-corrected chi connectivity index (χ2v) is 14.3. The lowest BCUT2D eigenvalue weighted by Crippen LogP contribution is -2.18. The van der Waals surface area contributed by atoms with E-state index in [0.717, 1.165) is 49.2 Å². The number of alkyl halides is 4. The first-order valence-corrected chi connectivity index (χ1v) is 18.4. The summed E-state index contributed by atoms with van der Waals surface area (Å²) in [7, 11) is 0. The molecule has 4 N–H and O–H groups in total. The topological polar surface area (TPSA) is 199 Å². The van der Waals surface area contributed by atoms with Crippen LogP contribution in [-0.4, -0.2) is 51.8 Å². The van der Waals surface area contributed by atoms with Crippen LogP contribution >= 0.6 is 0 Å². The smallest absolute Gasteiger partial charge is 0.263 e. The van der Waals surface area contributed by atoms with Gasteiger partial charge in [-0.3, -0.25) is 19.8 Å². The Morgan fingerprint density at radius 2 is 1.05 bits per heavy atom. The van der Waals surface area contributed by atoms with Gasteiger partial charge in [0.05, 0.1) is 58.9 Å². The number of carbonyl (C=O) groups is 2. The van der Waals surface area contributed by atoms with Gasteiger partial charge in [0.25, 0.3) is 12.9 Å². The van der Waals surface area contributed by atoms with E-state index in [9.17, 15) is 27.2 Å². The van der Waals surface area contributed by atoms with Crippen molar-refractivity contribution >= 4 is 23.5 Å². The lowest BCUT2D eigenvalue weighted by Gasteiger charge is -2.09. The Labute approximate surface area is 328 Å². The number of nitrogens with zero attached hydrogens (tertiary/aromatic N) is 8. The van der Waals surface area contributed by atoms with Gasteiger partial charge >= 0.3 is 0 Å². The van der Waals surface area contributed by atoms with Crippen molar-refractivity contribution in [2.24, 2.45) is 0 Å². The maximum absolute atomic E-state index is 13.1. The molecule has 2 aromatic carbocycles. The van der Waals surface area contributed by atoms with Gasteiger partial charge in [0.1, 0.15) is 0 Å². The minimum absolute atomic E-state index is 0.116. The standard InChI is InChI=1S/2C20H18F2N6O/c2*1-11(20(29)25-18-7-17(26-27-18)13-2-3-13)15-9-24-28(10-15)16-5-12(8-23)4-14(6-16)19(21)22/h2*4-7,9-11,13,19H,2-3H2,1H3,(H2,25,26,27,29)/t2*11-/m10/s1. The van der Waals surface area contributed by atoms with Crippen LogP contribution in [0.3, 0.4) is 0 Å². The van der Waals surface area contributed by atoms with Crippen LogP contribution in [0.1, 0.15) is 121 Å². The van der Waals surface area contributed by atoms with E-state index in [2.05, 4.69) is 41.2 Å². The van der Waals surface area contributed by atoms with Crippen molar-refractivity contribution in [3.63, 3.8) is 0 Å². The minimum atomic E-state index is -2.70. The van der Waals surface area contributed by atoms with Gasteiger partial charge in [-0.15, -0.1) is 0 Å². The molecule has 2 aliphatic rings. The van der Waals surface area contributed by atoms with Gasteiger partial charge in [-0.05, 0) is 75.9 Å². The molecule has 0 unspecified atom stereocenters. The molecule has 0 bridgehead atoms. The predicted molar refractivity (Wildman–Crippen MR) is 202 cm³/mol. The molecule has 2 amide bonds. The summed E-state index contributed by atoms with van der Waals surface area (Å²) in [5.41, 5.74) is 3.65.